The van der Waals surface area contributed by atoms with Gasteiger partial charge in [-0.3, -0.25) is 4.79 Å². The molecule has 0 saturated heterocycles. The second-order valence-electron chi connectivity index (χ2n) is 5.96. The molecule has 0 aromatic heterocycles. The van der Waals surface area contributed by atoms with E-state index in [2.05, 4.69) is 5.32 Å². The van der Waals surface area contributed by atoms with Gasteiger partial charge in [-0.2, -0.15) is 0 Å². The Bertz CT molecular complexity index is 626. The van der Waals surface area contributed by atoms with E-state index in [1.807, 2.05) is 68.4 Å². The van der Waals surface area contributed by atoms with Crippen molar-refractivity contribution in [3.8, 4) is 11.5 Å². The fourth-order valence-corrected chi connectivity index (χ4v) is 2.33. The van der Waals surface area contributed by atoms with Crippen LogP contribution in [-0.4, -0.2) is 17.1 Å². The van der Waals surface area contributed by atoms with E-state index >= 15 is 0 Å². The number of ether oxygens (including phenoxy) is 1. The molecule has 2 aromatic carbocycles. The van der Waals surface area contributed by atoms with Gasteiger partial charge in [0.1, 0.15) is 17.5 Å². The summed E-state index contributed by atoms with van der Waals surface area (Å²) in [6.45, 7) is 4.54. The number of para-hydroxylation sites is 1. The van der Waals surface area contributed by atoms with Crippen molar-refractivity contribution in [2.24, 2.45) is 5.92 Å². The minimum atomic E-state index is -0.810. The lowest BCUT2D eigenvalue weighted by atomic mass is 10.0. The molecule has 4 heteroatoms. The van der Waals surface area contributed by atoms with Gasteiger partial charge in [-0.05, 0) is 42.2 Å². The average molecular weight is 313 g/mol. The molecule has 122 valence electrons. The van der Waals surface area contributed by atoms with Crippen molar-refractivity contribution in [3.63, 3.8) is 0 Å². The quantitative estimate of drug-likeness (QED) is 0.771. The molecule has 0 heterocycles. The maximum atomic E-state index is 11.3. The second-order valence-corrected chi connectivity index (χ2v) is 5.96. The van der Waals surface area contributed by atoms with Crippen LogP contribution < -0.4 is 10.1 Å². The normalized spacial score (nSPS) is 12.1. The van der Waals surface area contributed by atoms with Gasteiger partial charge in [-0.15, -0.1) is 0 Å². The minimum Gasteiger partial charge on any atom is -0.480 e. The van der Waals surface area contributed by atoms with Crippen LogP contribution in [-0.2, 0) is 11.3 Å². The van der Waals surface area contributed by atoms with E-state index in [4.69, 9.17) is 4.74 Å². The highest BCUT2D eigenvalue weighted by molar-refractivity contribution is 5.73. The van der Waals surface area contributed by atoms with Crippen LogP contribution in [0.15, 0.2) is 54.6 Å². The summed E-state index contributed by atoms with van der Waals surface area (Å²) in [6, 6.07) is 16.7. The molecule has 0 radical (unpaired) electrons. The predicted octanol–water partition coefficient (Wildman–Crippen LogP) is 4.07. The van der Waals surface area contributed by atoms with Crippen LogP contribution in [0.25, 0.3) is 0 Å². The SMILES string of the molecule is CC(C)CC(NCc1cccc(Oc2ccccc2)c1)C(=O)O. The molecule has 23 heavy (non-hydrogen) atoms. The van der Waals surface area contributed by atoms with Crippen LogP contribution in [0.1, 0.15) is 25.8 Å². The Morgan fingerprint density at radius 1 is 1.09 bits per heavy atom. The molecule has 4 nitrogen and oxygen atoms in total. The van der Waals surface area contributed by atoms with E-state index in [1.54, 1.807) is 0 Å². The van der Waals surface area contributed by atoms with Gasteiger partial charge in [0.05, 0.1) is 0 Å². The van der Waals surface area contributed by atoms with Gasteiger partial charge >= 0.3 is 5.97 Å². The molecule has 0 spiro atoms. The van der Waals surface area contributed by atoms with Crippen molar-refractivity contribution < 1.29 is 14.6 Å². The third kappa shape index (κ3) is 5.75. The fraction of sp³-hybridized carbons (Fsp3) is 0.316. The molecule has 1 unspecified atom stereocenters. The fourth-order valence-electron chi connectivity index (χ4n) is 2.33. The number of aliphatic carboxylic acids is 1. The molecule has 0 saturated carbocycles. The van der Waals surface area contributed by atoms with Gasteiger partial charge in [0.25, 0.3) is 0 Å². The van der Waals surface area contributed by atoms with Crippen molar-refractivity contribution in [2.75, 3.05) is 0 Å². The molecule has 0 fully saturated rings. The summed E-state index contributed by atoms with van der Waals surface area (Å²) in [5.41, 5.74) is 0.994. The first kappa shape index (κ1) is 17.0. The molecule has 2 N–H and O–H groups in total. The van der Waals surface area contributed by atoms with Crippen LogP contribution in [0, 0.1) is 5.92 Å². The number of carbonyl (C=O) groups is 1. The lowest BCUT2D eigenvalue weighted by Gasteiger charge is -2.16. The van der Waals surface area contributed by atoms with E-state index in [0.29, 0.717) is 18.9 Å². The number of hydrogen-bond acceptors (Lipinski definition) is 3. The van der Waals surface area contributed by atoms with E-state index in [9.17, 15) is 9.90 Å². The van der Waals surface area contributed by atoms with Gasteiger partial charge in [-0.1, -0.05) is 44.2 Å². The topological polar surface area (TPSA) is 58.6 Å². The monoisotopic (exact) mass is 313 g/mol. The van der Waals surface area contributed by atoms with Gasteiger partial charge < -0.3 is 15.2 Å². The second kappa shape index (κ2) is 8.34. The lowest BCUT2D eigenvalue weighted by molar-refractivity contribution is -0.140. The Hall–Kier alpha value is -2.33. The molecule has 1 atom stereocenters. The minimum absolute atomic E-state index is 0.330. The van der Waals surface area contributed by atoms with Crippen LogP contribution in [0.3, 0.4) is 0 Å². The number of benzene rings is 2. The third-order valence-corrected chi connectivity index (χ3v) is 3.44. The van der Waals surface area contributed by atoms with E-state index < -0.39 is 12.0 Å². The zero-order chi connectivity index (χ0) is 16.7. The van der Waals surface area contributed by atoms with Crippen molar-refractivity contribution in [2.45, 2.75) is 32.9 Å². The Morgan fingerprint density at radius 2 is 1.78 bits per heavy atom. The molecule has 0 amide bonds. The lowest BCUT2D eigenvalue weighted by Crippen LogP contribution is -2.37. The number of hydrogen-bond donors (Lipinski definition) is 2. The summed E-state index contributed by atoms with van der Waals surface area (Å²) in [7, 11) is 0. The van der Waals surface area contributed by atoms with Crippen molar-refractivity contribution >= 4 is 5.97 Å². The van der Waals surface area contributed by atoms with Crippen LogP contribution in [0.4, 0.5) is 0 Å². The van der Waals surface area contributed by atoms with Gasteiger partial charge in [0.15, 0.2) is 0 Å². The maximum Gasteiger partial charge on any atom is 0.320 e. The number of carboxylic acids is 1. The summed E-state index contributed by atoms with van der Waals surface area (Å²) in [5, 5.41) is 12.4. The average Bonchev–Trinajstić information content (AvgIpc) is 2.52. The van der Waals surface area contributed by atoms with Crippen molar-refractivity contribution in [3.05, 3.63) is 60.2 Å². The zero-order valence-electron chi connectivity index (χ0n) is 13.5. The molecular formula is C19H23NO3. The zero-order valence-corrected chi connectivity index (χ0v) is 13.5. The molecule has 2 aromatic rings. The highest BCUT2D eigenvalue weighted by Crippen LogP contribution is 2.21. The van der Waals surface area contributed by atoms with E-state index in [1.165, 1.54) is 0 Å². The van der Waals surface area contributed by atoms with Crippen LogP contribution in [0.2, 0.25) is 0 Å². The van der Waals surface area contributed by atoms with Crippen LogP contribution in [0.5, 0.6) is 11.5 Å². The third-order valence-electron chi connectivity index (χ3n) is 3.44. The summed E-state index contributed by atoms with van der Waals surface area (Å²) in [4.78, 5) is 11.3. The molecule has 2 rings (SSSR count). The maximum absolute atomic E-state index is 11.3. The summed E-state index contributed by atoms with van der Waals surface area (Å²) in [6.07, 6.45) is 0.607. The Kier molecular flexibility index (Phi) is 6.18. The highest BCUT2D eigenvalue weighted by atomic mass is 16.5. The smallest absolute Gasteiger partial charge is 0.320 e. The van der Waals surface area contributed by atoms with Crippen molar-refractivity contribution in [1.29, 1.82) is 0 Å². The largest absolute Gasteiger partial charge is 0.480 e. The first-order chi connectivity index (χ1) is 11.0. The van der Waals surface area contributed by atoms with E-state index in [0.717, 1.165) is 17.1 Å². The summed E-state index contributed by atoms with van der Waals surface area (Å²) >= 11 is 0. The predicted molar refractivity (Wildman–Crippen MR) is 90.7 cm³/mol. The summed E-state index contributed by atoms with van der Waals surface area (Å²) < 4.78 is 5.79. The Morgan fingerprint density at radius 3 is 2.43 bits per heavy atom. The molecule has 0 bridgehead atoms. The Balaban J connectivity index is 1.98. The molecule has 0 aliphatic rings. The van der Waals surface area contributed by atoms with Gasteiger partial charge in [-0.25, -0.2) is 0 Å². The van der Waals surface area contributed by atoms with Gasteiger partial charge in [0.2, 0.25) is 0 Å². The molecule has 0 aliphatic heterocycles. The Labute approximate surface area is 137 Å². The first-order valence-electron chi connectivity index (χ1n) is 7.82. The standard InChI is InChI=1S/C19H23NO3/c1-14(2)11-18(19(21)22)20-13-15-7-6-10-17(12-15)23-16-8-4-3-5-9-16/h3-10,12,14,18,20H,11,13H2,1-2H3,(H,21,22). The highest BCUT2D eigenvalue weighted by Gasteiger charge is 2.17. The molecule has 0 aliphatic carbocycles. The first-order valence-corrected chi connectivity index (χ1v) is 7.82. The van der Waals surface area contributed by atoms with Crippen LogP contribution >= 0.6 is 0 Å². The molecular weight excluding hydrogens is 290 g/mol. The number of nitrogens with one attached hydrogen (secondary N) is 1. The van der Waals surface area contributed by atoms with Gasteiger partial charge in [0, 0.05) is 6.54 Å². The summed E-state index contributed by atoms with van der Waals surface area (Å²) in [5.74, 6) is 1.04. The van der Waals surface area contributed by atoms with Crippen molar-refractivity contribution in [1.82, 2.24) is 5.32 Å². The van der Waals surface area contributed by atoms with E-state index in [-0.39, 0.29) is 0 Å². The number of rotatable bonds is 8. The number of carboxylic acid groups (broad SMARTS) is 1.